The first-order chi connectivity index (χ1) is 9.89. The summed E-state index contributed by atoms with van der Waals surface area (Å²) in [4.78, 5) is 8.32. The number of imidazole rings is 1. The summed E-state index contributed by atoms with van der Waals surface area (Å²) >= 11 is 0. The summed E-state index contributed by atoms with van der Waals surface area (Å²) in [5.41, 5.74) is 0. The van der Waals surface area contributed by atoms with Crippen LogP contribution in [0.3, 0.4) is 0 Å². The van der Waals surface area contributed by atoms with E-state index in [9.17, 15) is 8.42 Å². The molecule has 1 unspecified atom stereocenters. The Morgan fingerprint density at radius 1 is 1.38 bits per heavy atom. The number of nitrogens with zero attached hydrogens (tertiary/aromatic N) is 4. The zero-order valence-corrected chi connectivity index (χ0v) is 13.1. The first-order valence-corrected chi connectivity index (χ1v) is 7.94. The molecule has 2 aromatic heterocycles. The Labute approximate surface area is 124 Å². The molecule has 1 N–H and O–H groups in total. The van der Waals surface area contributed by atoms with Crippen molar-refractivity contribution in [1.29, 1.82) is 0 Å². The highest BCUT2D eigenvalue weighted by Crippen LogP contribution is 2.14. The van der Waals surface area contributed by atoms with E-state index in [2.05, 4.69) is 15.3 Å². The summed E-state index contributed by atoms with van der Waals surface area (Å²) in [6.45, 7) is 2.77. The Morgan fingerprint density at radius 3 is 2.67 bits per heavy atom. The average Bonchev–Trinajstić information content (AvgIpc) is 2.91. The standard InChI is InChI=1S/C13H19N5O2S/c1-11(9-18-7-6-14-10-18)16-13-5-4-12(8-15-13)21(19,20)17(2)3/h4-8,10-11H,9H2,1-3H3,(H,15,16). The highest BCUT2D eigenvalue weighted by atomic mass is 32.2. The first kappa shape index (κ1) is 15.5. The van der Waals surface area contributed by atoms with Crippen LogP contribution in [-0.2, 0) is 16.6 Å². The second kappa shape index (κ2) is 6.23. The van der Waals surface area contributed by atoms with Gasteiger partial charge in [-0.3, -0.25) is 0 Å². The molecule has 0 aliphatic rings. The van der Waals surface area contributed by atoms with Crippen molar-refractivity contribution in [2.75, 3.05) is 19.4 Å². The quantitative estimate of drug-likeness (QED) is 0.862. The van der Waals surface area contributed by atoms with Gasteiger partial charge in [0, 0.05) is 45.3 Å². The first-order valence-electron chi connectivity index (χ1n) is 6.50. The molecule has 0 aromatic carbocycles. The van der Waals surface area contributed by atoms with Crippen molar-refractivity contribution in [2.45, 2.75) is 24.4 Å². The molecule has 0 saturated heterocycles. The fourth-order valence-corrected chi connectivity index (χ4v) is 2.69. The predicted octanol–water partition coefficient (Wildman–Crippen LogP) is 1.03. The molecule has 1 atom stereocenters. The minimum absolute atomic E-state index is 0.142. The van der Waals surface area contributed by atoms with Crippen LogP contribution in [0, 0.1) is 0 Å². The number of pyridine rings is 1. The average molecular weight is 309 g/mol. The van der Waals surface area contributed by atoms with Gasteiger partial charge in [-0.15, -0.1) is 0 Å². The van der Waals surface area contributed by atoms with Crippen LogP contribution in [0.4, 0.5) is 5.82 Å². The predicted molar refractivity (Wildman–Crippen MR) is 80.4 cm³/mol. The summed E-state index contributed by atoms with van der Waals surface area (Å²) in [6.07, 6.45) is 6.73. The number of sulfonamides is 1. The van der Waals surface area contributed by atoms with Gasteiger partial charge in [0.2, 0.25) is 10.0 Å². The summed E-state index contributed by atoms with van der Waals surface area (Å²) < 4.78 is 27.0. The van der Waals surface area contributed by atoms with Gasteiger partial charge in [-0.25, -0.2) is 22.7 Å². The minimum Gasteiger partial charge on any atom is -0.366 e. The number of hydrogen-bond donors (Lipinski definition) is 1. The maximum atomic E-state index is 11.9. The molecule has 21 heavy (non-hydrogen) atoms. The van der Waals surface area contributed by atoms with Gasteiger partial charge >= 0.3 is 0 Å². The molecule has 0 aliphatic carbocycles. The third-order valence-electron chi connectivity index (χ3n) is 2.95. The van der Waals surface area contributed by atoms with Crippen molar-refractivity contribution < 1.29 is 8.42 Å². The van der Waals surface area contributed by atoms with Gasteiger partial charge in [0.1, 0.15) is 10.7 Å². The fraction of sp³-hybridized carbons (Fsp3) is 0.385. The topological polar surface area (TPSA) is 80.1 Å². The fourth-order valence-electron chi connectivity index (χ4n) is 1.84. The second-order valence-corrected chi connectivity index (χ2v) is 7.12. The molecule has 8 heteroatoms. The molecule has 2 aromatic rings. The summed E-state index contributed by atoms with van der Waals surface area (Å²) in [5.74, 6) is 0.639. The third kappa shape index (κ3) is 3.79. The second-order valence-electron chi connectivity index (χ2n) is 4.97. The van der Waals surface area contributed by atoms with E-state index >= 15 is 0 Å². The van der Waals surface area contributed by atoms with Gasteiger partial charge < -0.3 is 9.88 Å². The molecule has 7 nitrogen and oxygen atoms in total. The number of nitrogens with one attached hydrogen (secondary N) is 1. The van der Waals surface area contributed by atoms with Crippen LogP contribution in [0.15, 0.2) is 41.9 Å². The molecule has 0 aliphatic heterocycles. The smallest absolute Gasteiger partial charge is 0.244 e. The SMILES string of the molecule is CC(Cn1ccnc1)Nc1ccc(S(=O)(=O)N(C)C)cn1. The highest BCUT2D eigenvalue weighted by Gasteiger charge is 2.17. The van der Waals surface area contributed by atoms with Crippen molar-refractivity contribution in [3.8, 4) is 0 Å². The van der Waals surface area contributed by atoms with E-state index < -0.39 is 10.0 Å². The van der Waals surface area contributed by atoms with Crippen LogP contribution in [-0.4, -0.2) is 47.4 Å². The Kier molecular flexibility index (Phi) is 4.59. The largest absolute Gasteiger partial charge is 0.366 e. The molecule has 2 rings (SSSR count). The molecule has 0 saturated carbocycles. The summed E-state index contributed by atoms with van der Waals surface area (Å²) in [7, 11) is -0.443. The van der Waals surface area contributed by atoms with Gasteiger partial charge in [0.25, 0.3) is 0 Å². The van der Waals surface area contributed by atoms with Gasteiger partial charge in [-0.2, -0.15) is 0 Å². The lowest BCUT2D eigenvalue weighted by atomic mass is 10.3. The monoisotopic (exact) mass is 309 g/mol. The Hall–Kier alpha value is -1.93. The van der Waals surface area contributed by atoms with Crippen LogP contribution >= 0.6 is 0 Å². The molecule has 0 radical (unpaired) electrons. The van der Waals surface area contributed by atoms with E-state index in [1.165, 1.54) is 24.6 Å². The Balaban J connectivity index is 2.03. The molecule has 0 fully saturated rings. The lowest BCUT2D eigenvalue weighted by Crippen LogP contribution is -2.23. The molecule has 0 bridgehead atoms. The van der Waals surface area contributed by atoms with Crippen LogP contribution in [0.2, 0.25) is 0 Å². The van der Waals surface area contributed by atoms with Gasteiger partial charge in [0.15, 0.2) is 0 Å². The molecule has 2 heterocycles. The minimum atomic E-state index is -3.43. The molecule has 0 amide bonds. The van der Waals surface area contributed by atoms with Gasteiger partial charge in [-0.1, -0.05) is 0 Å². The Bertz CT molecular complexity index is 665. The lowest BCUT2D eigenvalue weighted by Gasteiger charge is -2.16. The maximum absolute atomic E-state index is 11.9. The third-order valence-corrected chi connectivity index (χ3v) is 4.75. The molecular formula is C13H19N5O2S. The van der Waals surface area contributed by atoms with Crippen LogP contribution in [0.25, 0.3) is 0 Å². The summed E-state index contributed by atoms with van der Waals surface area (Å²) in [6, 6.07) is 3.36. The van der Waals surface area contributed by atoms with E-state index in [0.717, 1.165) is 6.54 Å². The van der Waals surface area contributed by atoms with E-state index in [-0.39, 0.29) is 10.9 Å². The van der Waals surface area contributed by atoms with Crippen molar-refractivity contribution in [3.63, 3.8) is 0 Å². The van der Waals surface area contributed by atoms with E-state index in [4.69, 9.17) is 0 Å². The number of hydrogen-bond acceptors (Lipinski definition) is 5. The zero-order valence-electron chi connectivity index (χ0n) is 12.3. The molecular weight excluding hydrogens is 290 g/mol. The normalized spacial score (nSPS) is 13.3. The Morgan fingerprint density at radius 2 is 2.14 bits per heavy atom. The van der Waals surface area contributed by atoms with E-state index in [1.54, 1.807) is 24.7 Å². The van der Waals surface area contributed by atoms with Crippen molar-refractivity contribution in [3.05, 3.63) is 37.1 Å². The number of rotatable bonds is 6. The van der Waals surface area contributed by atoms with E-state index in [1.807, 2.05) is 17.7 Å². The number of anilines is 1. The highest BCUT2D eigenvalue weighted by molar-refractivity contribution is 7.89. The van der Waals surface area contributed by atoms with Crippen molar-refractivity contribution >= 4 is 15.8 Å². The maximum Gasteiger partial charge on any atom is 0.244 e. The molecule has 114 valence electrons. The van der Waals surface area contributed by atoms with Crippen LogP contribution < -0.4 is 5.32 Å². The number of aromatic nitrogens is 3. The molecule has 0 spiro atoms. The zero-order chi connectivity index (χ0) is 15.5. The van der Waals surface area contributed by atoms with Crippen LogP contribution in [0.1, 0.15) is 6.92 Å². The van der Waals surface area contributed by atoms with Gasteiger partial charge in [-0.05, 0) is 19.1 Å². The van der Waals surface area contributed by atoms with Crippen molar-refractivity contribution in [1.82, 2.24) is 18.8 Å². The van der Waals surface area contributed by atoms with Gasteiger partial charge in [0.05, 0.1) is 6.33 Å². The van der Waals surface area contributed by atoms with E-state index in [0.29, 0.717) is 5.82 Å². The van der Waals surface area contributed by atoms with Crippen LogP contribution in [0.5, 0.6) is 0 Å². The summed E-state index contributed by atoms with van der Waals surface area (Å²) in [5, 5.41) is 3.22. The van der Waals surface area contributed by atoms with Crippen molar-refractivity contribution in [2.24, 2.45) is 0 Å². The lowest BCUT2D eigenvalue weighted by molar-refractivity contribution is 0.520.